The highest BCUT2D eigenvalue weighted by molar-refractivity contribution is 5.95. The fourth-order valence-electron chi connectivity index (χ4n) is 3.32. The zero-order valence-electron chi connectivity index (χ0n) is 14.7. The van der Waals surface area contributed by atoms with E-state index < -0.39 is 0 Å². The molecule has 3 amide bonds. The number of piperazine rings is 1. The van der Waals surface area contributed by atoms with Crippen molar-refractivity contribution >= 4 is 23.4 Å². The van der Waals surface area contributed by atoms with Gasteiger partial charge >= 0.3 is 0 Å². The number of rotatable bonds is 3. The summed E-state index contributed by atoms with van der Waals surface area (Å²) >= 11 is 0. The SMILES string of the molecule is O=C1COc2ccc(CC(=O)N3CCN(C(=O)c4ccc[nH]4)CC3)cc2N1. The van der Waals surface area contributed by atoms with Gasteiger partial charge in [-0.2, -0.15) is 0 Å². The highest BCUT2D eigenvalue weighted by atomic mass is 16.5. The minimum atomic E-state index is -0.200. The summed E-state index contributed by atoms with van der Waals surface area (Å²) in [6.45, 7) is 2.05. The fraction of sp³-hybridized carbons (Fsp3) is 0.316. The van der Waals surface area contributed by atoms with Gasteiger partial charge in [-0.1, -0.05) is 6.07 Å². The van der Waals surface area contributed by atoms with Crippen LogP contribution in [0.1, 0.15) is 16.1 Å². The van der Waals surface area contributed by atoms with Crippen LogP contribution in [-0.2, 0) is 16.0 Å². The smallest absolute Gasteiger partial charge is 0.270 e. The van der Waals surface area contributed by atoms with Gasteiger partial charge in [-0.05, 0) is 29.8 Å². The number of carbonyl (C=O) groups excluding carboxylic acids is 3. The van der Waals surface area contributed by atoms with Gasteiger partial charge in [-0.3, -0.25) is 14.4 Å². The number of carbonyl (C=O) groups is 3. The molecule has 3 heterocycles. The highest BCUT2D eigenvalue weighted by Crippen LogP contribution is 2.28. The van der Waals surface area contributed by atoms with Crippen LogP contribution in [0.2, 0.25) is 0 Å². The Morgan fingerprint density at radius 2 is 1.85 bits per heavy atom. The Labute approximate surface area is 156 Å². The maximum absolute atomic E-state index is 12.6. The Bertz CT molecular complexity index is 870. The van der Waals surface area contributed by atoms with Crippen molar-refractivity contribution in [1.82, 2.24) is 14.8 Å². The van der Waals surface area contributed by atoms with Crippen molar-refractivity contribution in [3.63, 3.8) is 0 Å². The first-order valence-electron chi connectivity index (χ1n) is 8.86. The number of nitrogens with one attached hydrogen (secondary N) is 2. The third-order valence-electron chi connectivity index (χ3n) is 4.78. The molecule has 1 aromatic heterocycles. The number of fused-ring (bicyclic) bond motifs is 1. The predicted molar refractivity (Wildman–Crippen MR) is 97.5 cm³/mol. The number of ether oxygens (including phenoxy) is 1. The van der Waals surface area contributed by atoms with E-state index in [0.717, 1.165) is 5.56 Å². The van der Waals surface area contributed by atoms with E-state index in [0.29, 0.717) is 43.3 Å². The van der Waals surface area contributed by atoms with Crippen LogP contribution >= 0.6 is 0 Å². The molecule has 8 heteroatoms. The molecule has 0 radical (unpaired) electrons. The minimum absolute atomic E-state index is 0.00461. The summed E-state index contributed by atoms with van der Waals surface area (Å²) in [6, 6.07) is 8.91. The van der Waals surface area contributed by atoms with Crippen molar-refractivity contribution in [2.24, 2.45) is 0 Å². The second-order valence-electron chi connectivity index (χ2n) is 6.60. The van der Waals surface area contributed by atoms with Gasteiger partial charge in [0.25, 0.3) is 11.8 Å². The summed E-state index contributed by atoms with van der Waals surface area (Å²) in [6.07, 6.45) is 1.97. The molecule has 0 saturated carbocycles. The van der Waals surface area contributed by atoms with Crippen molar-refractivity contribution in [3.05, 3.63) is 47.8 Å². The lowest BCUT2D eigenvalue weighted by Gasteiger charge is -2.34. The van der Waals surface area contributed by atoms with Crippen LogP contribution in [0.5, 0.6) is 5.75 Å². The lowest BCUT2D eigenvalue weighted by molar-refractivity contribution is -0.131. The zero-order valence-corrected chi connectivity index (χ0v) is 14.7. The Hall–Kier alpha value is -3.29. The van der Waals surface area contributed by atoms with Crippen LogP contribution in [0.4, 0.5) is 5.69 Å². The Morgan fingerprint density at radius 3 is 2.59 bits per heavy atom. The molecule has 27 heavy (non-hydrogen) atoms. The van der Waals surface area contributed by atoms with Crippen LogP contribution in [0, 0.1) is 0 Å². The average Bonchev–Trinajstić information content (AvgIpc) is 3.22. The van der Waals surface area contributed by atoms with E-state index in [1.165, 1.54) is 0 Å². The molecule has 2 N–H and O–H groups in total. The predicted octanol–water partition coefficient (Wildman–Crippen LogP) is 0.873. The Morgan fingerprint density at radius 1 is 1.07 bits per heavy atom. The number of hydrogen-bond donors (Lipinski definition) is 2. The van der Waals surface area contributed by atoms with Crippen molar-refractivity contribution in [2.75, 3.05) is 38.1 Å². The van der Waals surface area contributed by atoms with Crippen molar-refractivity contribution in [2.45, 2.75) is 6.42 Å². The van der Waals surface area contributed by atoms with E-state index >= 15 is 0 Å². The molecule has 2 aromatic rings. The molecule has 1 aromatic carbocycles. The third kappa shape index (κ3) is 3.64. The first-order chi connectivity index (χ1) is 13.1. The van der Waals surface area contributed by atoms with Crippen LogP contribution in [0.25, 0.3) is 0 Å². The Kier molecular flexibility index (Phi) is 4.53. The number of aromatic nitrogens is 1. The average molecular weight is 368 g/mol. The van der Waals surface area contributed by atoms with E-state index in [1.54, 1.807) is 40.3 Å². The highest BCUT2D eigenvalue weighted by Gasteiger charge is 2.25. The van der Waals surface area contributed by atoms with E-state index in [-0.39, 0.29) is 30.7 Å². The molecule has 2 aliphatic rings. The summed E-state index contributed by atoms with van der Waals surface area (Å²) in [4.78, 5) is 42.8. The molecule has 1 saturated heterocycles. The number of aromatic amines is 1. The molecular weight excluding hydrogens is 348 g/mol. The van der Waals surface area contributed by atoms with Crippen LogP contribution < -0.4 is 10.1 Å². The van der Waals surface area contributed by atoms with E-state index in [9.17, 15) is 14.4 Å². The second kappa shape index (κ2) is 7.14. The van der Waals surface area contributed by atoms with Gasteiger partial charge in [0, 0.05) is 32.4 Å². The van der Waals surface area contributed by atoms with E-state index in [1.807, 2.05) is 6.07 Å². The molecule has 1 fully saturated rings. The number of benzene rings is 1. The monoisotopic (exact) mass is 368 g/mol. The number of anilines is 1. The van der Waals surface area contributed by atoms with Gasteiger partial charge in [-0.15, -0.1) is 0 Å². The lowest BCUT2D eigenvalue weighted by Crippen LogP contribution is -2.51. The minimum Gasteiger partial charge on any atom is -0.482 e. The first-order valence-corrected chi connectivity index (χ1v) is 8.86. The van der Waals surface area contributed by atoms with Crippen LogP contribution in [0.3, 0.4) is 0 Å². The Balaban J connectivity index is 1.34. The zero-order chi connectivity index (χ0) is 18.8. The molecule has 8 nitrogen and oxygen atoms in total. The van der Waals surface area contributed by atoms with Gasteiger partial charge in [0.15, 0.2) is 6.61 Å². The van der Waals surface area contributed by atoms with Crippen LogP contribution in [0.15, 0.2) is 36.5 Å². The maximum atomic E-state index is 12.6. The van der Waals surface area contributed by atoms with Crippen LogP contribution in [-0.4, -0.2) is 65.3 Å². The lowest BCUT2D eigenvalue weighted by atomic mass is 10.1. The normalized spacial score (nSPS) is 16.4. The molecule has 2 aliphatic heterocycles. The molecule has 0 atom stereocenters. The largest absolute Gasteiger partial charge is 0.482 e. The first kappa shape index (κ1) is 17.1. The third-order valence-corrected chi connectivity index (χ3v) is 4.78. The topological polar surface area (TPSA) is 94.7 Å². The van der Waals surface area contributed by atoms with Crippen molar-refractivity contribution in [3.8, 4) is 5.75 Å². The van der Waals surface area contributed by atoms with Gasteiger partial charge < -0.3 is 24.8 Å². The quantitative estimate of drug-likeness (QED) is 0.841. The molecule has 140 valence electrons. The fourth-order valence-corrected chi connectivity index (χ4v) is 3.32. The summed E-state index contributed by atoms with van der Waals surface area (Å²) in [5.74, 6) is 0.374. The molecular formula is C19H20N4O4. The number of H-pyrrole nitrogens is 1. The number of amides is 3. The molecule has 0 spiro atoms. The van der Waals surface area contributed by atoms with Gasteiger partial charge in [0.1, 0.15) is 11.4 Å². The number of hydrogen-bond acceptors (Lipinski definition) is 4. The summed E-state index contributed by atoms with van der Waals surface area (Å²) in [7, 11) is 0. The molecule has 4 rings (SSSR count). The summed E-state index contributed by atoms with van der Waals surface area (Å²) in [5.41, 5.74) is 1.97. The summed E-state index contributed by atoms with van der Waals surface area (Å²) in [5, 5.41) is 2.75. The van der Waals surface area contributed by atoms with Crippen molar-refractivity contribution in [1.29, 1.82) is 0 Å². The standard InChI is InChI=1S/C19H20N4O4/c24-17-12-27-16-4-3-13(10-15(16)21-17)11-18(25)22-6-8-23(9-7-22)19(26)14-2-1-5-20-14/h1-5,10,20H,6-9,11-12H2,(H,21,24). The molecule has 0 unspecified atom stereocenters. The molecule has 0 aliphatic carbocycles. The second-order valence-corrected chi connectivity index (χ2v) is 6.60. The van der Waals surface area contributed by atoms with E-state index in [2.05, 4.69) is 10.3 Å². The van der Waals surface area contributed by atoms with E-state index in [4.69, 9.17) is 4.74 Å². The number of nitrogens with zero attached hydrogens (tertiary/aromatic N) is 2. The van der Waals surface area contributed by atoms with Gasteiger partial charge in [0.05, 0.1) is 12.1 Å². The maximum Gasteiger partial charge on any atom is 0.270 e. The van der Waals surface area contributed by atoms with Crippen molar-refractivity contribution < 1.29 is 19.1 Å². The van der Waals surface area contributed by atoms with Gasteiger partial charge in [-0.25, -0.2) is 0 Å². The molecule has 0 bridgehead atoms. The summed E-state index contributed by atoms with van der Waals surface area (Å²) < 4.78 is 5.33. The van der Waals surface area contributed by atoms with Gasteiger partial charge in [0.2, 0.25) is 5.91 Å².